The van der Waals surface area contributed by atoms with E-state index in [2.05, 4.69) is 5.10 Å². The summed E-state index contributed by atoms with van der Waals surface area (Å²) in [5, 5.41) is 14.6. The molecule has 3 rings (SSSR count). The number of piperidine rings is 2. The summed E-state index contributed by atoms with van der Waals surface area (Å²) in [6.07, 6.45) is 1.21. The molecule has 2 saturated heterocycles. The van der Waals surface area contributed by atoms with E-state index in [1.54, 1.807) is 16.6 Å². The number of carbonyl (C=O) groups excluding carboxylic acids is 2. The molecular weight excluding hydrogens is 332 g/mol. The van der Waals surface area contributed by atoms with Gasteiger partial charge >= 0.3 is 0 Å². The van der Waals surface area contributed by atoms with Crippen molar-refractivity contribution < 1.29 is 14.7 Å². The van der Waals surface area contributed by atoms with Gasteiger partial charge in [-0.25, -0.2) is 0 Å². The molecule has 0 aliphatic carbocycles. The minimum absolute atomic E-state index is 0.0347. The van der Waals surface area contributed by atoms with Crippen LogP contribution in [0.25, 0.3) is 0 Å². The van der Waals surface area contributed by atoms with E-state index in [1.165, 1.54) is 0 Å². The highest BCUT2D eigenvalue weighted by Gasteiger charge is 2.48. The number of aryl methyl sites for hydroxylation is 1. The summed E-state index contributed by atoms with van der Waals surface area (Å²) in [4.78, 5) is 29.2. The Balaban J connectivity index is 1.77. The molecule has 2 aliphatic heterocycles. The quantitative estimate of drug-likeness (QED) is 0.819. The van der Waals surface area contributed by atoms with Crippen LogP contribution in [0.3, 0.4) is 0 Å². The van der Waals surface area contributed by atoms with E-state index < -0.39 is 11.5 Å². The zero-order valence-electron chi connectivity index (χ0n) is 16.4. The van der Waals surface area contributed by atoms with Crippen molar-refractivity contribution in [3.8, 4) is 0 Å². The number of carbonyl (C=O) groups is 2. The molecule has 0 radical (unpaired) electrons. The van der Waals surface area contributed by atoms with Gasteiger partial charge in [0.05, 0.1) is 22.8 Å². The smallest absolute Gasteiger partial charge is 0.272 e. The molecule has 1 aromatic heterocycles. The number of hydrogen-bond donors (Lipinski definition) is 1. The maximum absolute atomic E-state index is 13.1. The fraction of sp³-hybridized carbons (Fsp3) is 0.737. The lowest BCUT2D eigenvalue weighted by molar-refractivity contribution is -0.154. The van der Waals surface area contributed by atoms with Crippen LogP contribution in [0.4, 0.5) is 0 Å². The fourth-order valence-corrected chi connectivity index (χ4v) is 4.29. The second-order valence-corrected chi connectivity index (χ2v) is 8.87. The molecule has 0 aromatic carbocycles. The average molecular weight is 362 g/mol. The molecule has 26 heavy (non-hydrogen) atoms. The summed E-state index contributed by atoms with van der Waals surface area (Å²) in [5.74, 6) is 0.0676. The molecule has 2 amide bonds. The summed E-state index contributed by atoms with van der Waals surface area (Å²) in [6.45, 7) is 9.42. The van der Waals surface area contributed by atoms with Gasteiger partial charge in [0, 0.05) is 26.7 Å². The molecule has 0 saturated carbocycles. The molecule has 1 unspecified atom stereocenters. The predicted octanol–water partition coefficient (Wildman–Crippen LogP) is 1.39. The molecule has 1 N–H and O–H groups in total. The number of amides is 2. The van der Waals surface area contributed by atoms with E-state index in [1.807, 2.05) is 38.7 Å². The zero-order valence-corrected chi connectivity index (χ0v) is 16.4. The number of β-amino-alcohol motifs (C(OH)–C–C–N with tert-alkyl or cyclic N) is 1. The Morgan fingerprint density at radius 2 is 1.92 bits per heavy atom. The second-order valence-electron chi connectivity index (χ2n) is 8.87. The largest absolute Gasteiger partial charge is 0.391 e. The number of hydrogen-bond acceptors (Lipinski definition) is 4. The van der Waals surface area contributed by atoms with E-state index in [0.29, 0.717) is 44.6 Å². The highest BCUT2D eigenvalue weighted by Crippen LogP contribution is 2.41. The molecular formula is C19H30N4O3. The summed E-state index contributed by atoms with van der Waals surface area (Å²) in [7, 11) is 1.74. The second kappa shape index (κ2) is 6.37. The van der Waals surface area contributed by atoms with Gasteiger partial charge in [-0.1, -0.05) is 0 Å². The highest BCUT2D eigenvalue weighted by molar-refractivity contribution is 5.93. The number of likely N-dealkylation sites (tertiary alicyclic amines) is 2. The molecule has 1 aromatic rings. The number of rotatable bonds is 1. The van der Waals surface area contributed by atoms with Crippen LogP contribution >= 0.6 is 0 Å². The van der Waals surface area contributed by atoms with Gasteiger partial charge in [-0.3, -0.25) is 14.3 Å². The molecule has 7 nitrogen and oxygen atoms in total. The first-order valence-corrected chi connectivity index (χ1v) is 9.33. The van der Waals surface area contributed by atoms with E-state index in [-0.39, 0.29) is 17.4 Å². The van der Waals surface area contributed by atoms with E-state index in [9.17, 15) is 14.7 Å². The van der Waals surface area contributed by atoms with Gasteiger partial charge in [0.1, 0.15) is 5.69 Å². The van der Waals surface area contributed by atoms with Crippen molar-refractivity contribution >= 4 is 11.8 Å². The van der Waals surface area contributed by atoms with Crippen LogP contribution in [0, 0.1) is 12.3 Å². The Morgan fingerprint density at radius 3 is 2.50 bits per heavy atom. The van der Waals surface area contributed by atoms with Crippen LogP contribution in [-0.2, 0) is 10.3 Å². The Morgan fingerprint density at radius 1 is 1.31 bits per heavy atom. The molecule has 7 heteroatoms. The molecule has 0 bridgehead atoms. The first-order chi connectivity index (χ1) is 12.0. The molecule has 2 fully saturated rings. The van der Waals surface area contributed by atoms with Gasteiger partial charge in [0.2, 0.25) is 5.91 Å². The van der Waals surface area contributed by atoms with Crippen molar-refractivity contribution in [1.29, 1.82) is 0 Å². The molecule has 3 heterocycles. The van der Waals surface area contributed by atoms with Crippen molar-refractivity contribution in [2.45, 2.75) is 58.6 Å². The van der Waals surface area contributed by atoms with Gasteiger partial charge in [0.25, 0.3) is 5.91 Å². The fourth-order valence-electron chi connectivity index (χ4n) is 4.29. The van der Waals surface area contributed by atoms with Crippen LogP contribution < -0.4 is 0 Å². The van der Waals surface area contributed by atoms with Crippen LogP contribution in [-0.4, -0.2) is 69.3 Å². The first kappa shape index (κ1) is 18.9. The third-order valence-electron chi connectivity index (χ3n) is 5.61. The van der Waals surface area contributed by atoms with Gasteiger partial charge in [-0.2, -0.15) is 5.10 Å². The van der Waals surface area contributed by atoms with Gasteiger partial charge in [-0.15, -0.1) is 0 Å². The lowest BCUT2D eigenvalue weighted by Gasteiger charge is -2.47. The minimum atomic E-state index is -0.524. The highest BCUT2D eigenvalue weighted by atomic mass is 16.3. The third kappa shape index (κ3) is 3.24. The molecule has 144 valence electrons. The zero-order chi connectivity index (χ0) is 19.3. The van der Waals surface area contributed by atoms with Crippen molar-refractivity contribution in [3.63, 3.8) is 0 Å². The van der Waals surface area contributed by atoms with Gasteiger partial charge < -0.3 is 14.9 Å². The lowest BCUT2D eigenvalue weighted by Crippen LogP contribution is -2.57. The standard InChI is InChI=1S/C19H30N4O3/c1-13-10-15(23(20-13)18(2,3)4)16(25)22-8-6-19(7-9-22)11-14(24)12-21(5)17(19)26/h10,14,24H,6-9,11-12H2,1-5H3. The number of aromatic nitrogens is 2. The predicted molar refractivity (Wildman–Crippen MR) is 97.8 cm³/mol. The average Bonchev–Trinajstić information content (AvgIpc) is 2.95. The Kier molecular flexibility index (Phi) is 4.63. The topological polar surface area (TPSA) is 78.7 Å². The first-order valence-electron chi connectivity index (χ1n) is 9.33. The minimum Gasteiger partial charge on any atom is -0.391 e. The van der Waals surface area contributed by atoms with Crippen molar-refractivity contribution in [3.05, 3.63) is 17.5 Å². The van der Waals surface area contributed by atoms with Crippen LogP contribution in [0.15, 0.2) is 6.07 Å². The van der Waals surface area contributed by atoms with Crippen molar-refractivity contribution in [2.75, 3.05) is 26.7 Å². The summed E-state index contributed by atoms with van der Waals surface area (Å²) in [5.41, 5.74) is 0.619. The third-order valence-corrected chi connectivity index (χ3v) is 5.61. The molecule has 1 atom stereocenters. The maximum Gasteiger partial charge on any atom is 0.272 e. The van der Waals surface area contributed by atoms with E-state index in [0.717, 1.165) is 5.69 Å². The van der Waals surface area contributed by atoms with E-state index >= 15 is 0 Å². The van der Waals surface area contributed by atoms with Gasteiger partial charge in [0.15, 0.2) is 0 Å². The number of aliphatic hydroxyl groups is 1. The van der Waals surface area contributed by atoms with Crippen LogP contribution in [0.1, 0.15) is 56.2 Å². The van der Waals surface area contributed by atoms with Crippen molar-refractivity contribution in [2.24, 2.45) is 5.41 Å². The SMILES string of the molecule is Cc1cc(C(=O)N2CCC3(CC2)CC(O)CN(C)C3=O)n(C(C)(C)C)n1. The van der Waals surface area contributed by atoms with Gasteiger partial charge in [-0.05, 0) is 53.0 Å². The summed E-state index contributed by atoms with van der Waals surface area (Å²) in [6, 6.07) is 1.83. The summed E-state index contributed by atoms with van der Waals surface area (Å²) < 4.78 is 1.79. The molecule has 2 aliphatic rings. The number of nitrogens with zero attached hydrogens (tertiary/aromatic N) is 4. The van der Waals surface area contributed by atoms with Crippen LogP contribution in [0.2, 0.25) is 0 Å². The number of aliphatic hydroxyl groups excluding tert-OH is 1. The normalized spacial score (nSPS) is 23.6. The van der Waals surface area contributed by atoms with Crippen molar-refractivity contribution in [1.82, 2.24) is 19.6 Å². The Labute approximate surface area is 155 Å². The lowest BCUT2D eigenvalue weighted by atomic mass is 9.71. The van der Waals surface area contributed by atoms with Crippen LogP contribution in [0.5, 0.6) is 0 Å². The van der Waals surface area contributed by atoms with E-state index in [4.69, 9.17) is 0 Å². The maximum atomic E-state index is 13.1. The number of likely N-dealkylation sites (N-methyl/N-ethyl adjacent to an activating group) is 1. The Bertz CT molecular complexity index is 711. The monoisotopic (exact) mass is 362 g/mol. The summed E-state index contributed by atoms with van der Waals surface area (Å²) >= 11 is 0. The molecule has 1 spiro atoms. The Hall–Kier alpha value is -1.89.